The van der Waals surface area contributed by atoms with E-state index in [9.17, 15) is 0 Å². The highest BCUT2D eigenvalue weighted by molar-refractivity contribution is 7.20. The van der Waals surface area contributed by atoms with Crippen molar-refractivity contribution in [1.29, 1.82) is 0 Å². The minimum absolute atomic E-state index is 1.21. The first-order chi connectivity index (χ1) is 13.7. The van der Waals surface area contributed by atoms with E-state index in [1.54, 1.807) is 0 Å². The minimum Gasteiger partial charge on any atom is -0.313 e. The number of aromatic nitrogens is 1. The van der Waals surface area contributed by atoms with Crippen LogP contribution < -0.4 is 0 Å². The molecule has 2 heteroatoms. The van der Waals surface area contributed by atoms with E-state index in [0.29, 0.717) is 0 Å². The third-order valence-electron chi connectivity index (χ3n) is 5.38. The highest BCUT2D eigenvalue weighted by atomic mass is 32.1. The van der Waals surface area contributed by atoms with Gasteiger partial charge in [-0.05, 0) is 44.2 Å². The number of aryl methyl sites for hydroxylation is 1. The third-order valence-corrected chi connectivity index (χ3v) is 6.56. The SMILES string of the molecule is C=Cc1sc2ccc(C)cc2c1/C=C(\C)n1c2ccccc2c2ccccc21. The summed E-state index contributed by atoms with van der Waals surface area (Å²) in [7, 11) is 0. The standard InChI is InChI=1S/C26H21NS/c1-4-25-22(21-15-17(2)13-14-26(21)28-25)16-18(3)27-23-11-7-5-9-19(23)20-10-6-8-12-24(20)27/h4-16H,1H2,2-3H3/b18-16+. The molecule has 0 unspecified atom stereocenters. The molecule has 0 saturated heterocycles. The highest BCUT2D eigenvalue weighted by Crippen LogP contribution is 2.37. The van der Waals surface area contributed by atoms with Gasteiger partial charge in [0.2, 0.25) is 0 Å². The monoisotopic (exact) mass is 379 g/mol. The van der Waals surface area contributed by atoms with E-state index >= 15 is 0 Å². The summed E-state index contributed by atoms with van der Waals surface area (Å²) in [6, 6.07) is 24.0. The Kier molecular flexibility index (Phi) is 3.96. The summed E-state index contributed by atoms with van der Waals surface area (Å²) in [4.78, 5) is 1.22. The Balaban J connectivity index is 1.82. The molecule has 0 fully saturated rings. The average molecular weight is 380 g/mol. The second-order valence-electron chi connectivity index (χ2n) is 7.24. The topological polar surface area (TPSA) is 4.93 Å². The molecule has 0 aliphatic heterocycles. The molecule has 5 rings (SSSR count). The fourth-order valence-electron chi connectivity index (χ4n) is 4.13. The van der Waals surface area contributed by atoms with E-state index in [0.717, 1.165) is 0 Å². The van der Waals surface area contributed by atoms with Gasteiger partial charge in [-0.25, -0.2) is 0 Å². The zero-order valence-corrected chi connectivity index (χ0v) is 16.9. The molecule has 0 amide bonds. The number of rotatable bonds is 3. The maximum absolute atomic E-state index is 4.05. The van der Waals surface area contributed by atoms with Crippen molar-refractivity contribution >= 4 is 61.1 Å². The quantitative estimate of drug-likeness (QED) is 0.299. The maximum Gasteiger partial charge on any atom is 0.0537 e. The molecule has 1 nitrogen and oxygen atoms in total. The number of hydrogen-bond donors (Lipinski definition) is 0. The van der Waals surface area contributed by atoms with Crippen LogP contribution in [0.25, 0.3) is 49.7 Å². The van der Waals surface area contributed by atoms with Crippen molar-refractivity contribution in [1.82, 2.24) is 4.57 Å². The van der Waals surface area contributed by atoms with Crippen LogP contribution in [0.3, 0.4) is 0 Å². The molecular formula is C26H21NS. The summed E-state index contributed by atoms with van der Waals surface area (Å²) in [6.45, 7) is 8.40. The number of hydrogen-bond acceptors (Lipinski definition) is 1. The molecule has 3 aromatic carbocycles. The summed E-state index contributed by atoms with van der Waals surface area (Å²) >= 11 is 1.81. The molecule has 0 aliphatic rings. The van der Waals surface area contributed by atoms with Crippen molar-refractivity contribution in [3.8, 4) is 0 Å². The van der Waals surface area contributed by atoms with E-state index in [4.69, 9.17) is 0 Å². The number of benzene rings is 3. The zero-order valence-electron chi connectivity index (χ0n) is 16.1. The molecule has 0 bridgehead atoms. The number of allylic oxidation sites excluding steroid dienone is 1. The molecule has 2 aromatic heterocycles. The van der Waals surface area contributed by atoms with Gasteiger partial charge in [0.1, 0.15) is 0 Å². The van der Waals surface area contributed by atoms with Crippen LogP contribution in [0.15, 0.2) is 73.3 Å². The normalized spacial score (nSPS) is 12.3. The second-order valence-corrected chi connectivity index (χ2v) is 8.32. The minimum atomic E-state index is 1.21. The van der Waals surface area contributed by atoms with Crippen LogP contribution >= 0.6 is 11.3 Å². The molecule has 136 valence electrons. The van der Waals surface area contributed by atoms with Gasteiger partial charge in [0.25, 0.3) is 0 Å². The van der Waals surface area contributed by atoms with E-state index in [1.165, 1.54) is 53.6 Å². The van der Waals surface area contributed by atoms with E-state index in [1.807, 2.05) is 17.4 Å². The number of para-hydroxylation sites is 2. The Morgan fingerprint density at radius 3 is 2.18 bits per heavy atom. The van der Waals surface area contributed by atoms with Gasteiger partial charge in [-0.2, -0.15) is 0 Å². The first-order valence-electron chi connectivity index (χ1n) is 9.50. The van der Waals surface area contributed by atoms with Gasteiger partial charge in [0, 0.05) is 37.0 Å². The van der Waals surface area contributed by atoms with Crippen molar-refractivity contribution in [2.75, 3.05) is 0 Å². The first-order valence-corrected chi connectivity index (χ1v) is 10.3. The number of nitrogens with zero attached hydrogens (tertiary/aromatic N) is 1. The lowest BCUT2D eigenvalue weighted by molar-refractivity contribution is 1.21. The van der Waals surface area contributed by atoms with E-state index in [-0.39, 0.29) is 0 Å². The lowest BCUT2D eigenvalue weighted by Gasteiger charge is -2.09. The van der Waals surface area contributed by atoms with Crippen LogP contribution in [0.4, 0.5) is 0 Å². The van der Waals surface area contributed by atoms with Crippen LogP contribution in [-0.2, 0) is 0 Å². The van der Waals surface area contributed by atoms with Gasteiger partial charge in [-0.1, -0.05) is 60.7 Å². The lowest BCUT2D eigenvalue weighted by Crippen LogP contribution is -1.93. The van der Waals surface area contributed by atoms with Gasteiger partial charge in [0.15, 0.2) is 0 Å². The Bertz CT molecular complexity index is 1340. The molecule has 5 aromatic rings. The van der Waals surface area contributed by atoms with Crippen molar-refractivity contribution < 1.29 is 0 Å². The smallest absolute Gasteiger partial charge is 0.0537 e. The van der Waals surface area contributed by atoms with Gasteiger partial charge >= 0.3 is 0 Å². The van der Waals surface area contributed by atoms with Gasteiger partial charge < -0.3 is 4.57 Å². The van der Waals surface area contributed by atoms with Gasteiger partial charge in [-0.3, -0.25) is 0 Å². The largest absolute Gasteiger partial charge is 0.313 e. The van der Waals surface area contributed by atoms with Crippen LogP contribution in [0, 0.1) is 6.92 Å². The third kappa shape index (κ3) is 2.53. The summed E-state index contributed by atoms with van der Waals surface area (Å²) in [5, 5.41) is 3.89. The molecule has 0 aliphatic carbocycles. The lowest BCUT2D eigenvalue weighted by atomic mass is 10.1. The predicted octanol–water partition coefficient (Wildman–Crippen LogP) is 7.98. The summed E-state index contributed by atoms with van der Waals surface area (Å²) in [6.07, 6.45) is 4.29. The van der Waals surface area contributed by atoms with Crippen molar-refractivity contribution in [2.45, 2.75) is 13.8 Å². The Morgan fingerprint density at radius 1 is 0.893 bits per heavy atom. The summed E-state index contributed by atoms with van der Waals surface area (Å²) in [5.74, 6) is 0. The zero-order chi connectivity index (χ0) is 19.3. The van der Waals surface area contributed by atoms with E-state index in [2.05, 4.69) is 97.8 Å². The average Bonchev–Trinajstić information content (AvgIpc) is 3.23. The van der Waals surface area contributed by atoms with Gasteiger partial charge in [0.05, 0.1) is 11.0 Å². The maximum atomic E-state index is 4.05. The molecule has 0 atom stereocenters. The molecule has 0 spiro atoms. The highest BCUT2D eigenvalue weighted by Gasteiger charge is 2.13. The fraction of sp³-hybridized carbons (Fsp3) is 0.0769. The Labute approximate surface area is 168 Å². The fourth-order valence-corrected chi connectivity index (χ4v) is 5.14. The summed E-state index contributed by atoms with van der Waals surface area (Å²) < 4.78 is 3.68. The first kappa shape index (κ1) is 17.0. The van der Waals surface area contributed by atoms with Crippen molar-refractivity contribution in [2.24, 2.45) is 0 Å². The number of fused-ring (bicyclic) bond motifs is 4. The number of thiophene rings is 1. The van der Waals surface area contributed by atoms with E-state index < -0.39 is 0 Å². The van der Waals surface area contributed by atoms with Crippen LogP contribution in [-0.4, -0.2) is 4.57 Å². The molecule has 0 N–H and O–H groups in total. The molecule has 0 radical (unpaired) electrons. The van der Waals surface area contributed by atoms with Gasteiger partial charge in [-0.15, -0.1) is 11.3 Å². The Hall–Kier alpha value is -3.10. The second kappa shape index (κ2) is 6.50. The molecular weight excluding hydrogens is 358 g/mol. The molecule has 0 saturated carbocycles. The van der Waals surface area contributed by atoms with Crippen molar-refractivity contribution in [3.05, 3.63) is 89.3 Å². The molecule has 28 heavy (non-hydrogen) atoms. The molecule has 2 heterocycles. The predicted molar refractivity (Wildman–Crippen MR) is 126 cm³/mol. The Morgan fingerprint density at radius 2 is 1.54 bits per heavy atom. The van der Waals surface area contributed by atoms with Crippen LogP contribution in [0.2, 0.25) is 0 Å². The van der Waals surface area contributed by atoms with Crippen molar-refractivity contribution in [3.63, 3.8) is 0 Å². The van der Waals surface area contributed by atoms with Crippen LogP contribution in [0.1, 0.15) is 22.9 Å². The summed E-state index contributed by atoms with van der Waals surface area (Å²) in [5.41, 5.74) is 6.24. The van der Waals surface area contributed by atoms with Crippen LogP contribution in [0.5, 0.6) is 0 Å².